The first-order valence-corrected chi connectivity index (χ1v) is 16.1. The van der Waals surface area contributed by atoms with Crippen molar-refractivity contribution in [2.24, 2.45) is 0 Å². The summed E-state index contributed by atoms with van der Waals surface area (Å²) in [5, 5.41) is -4.85. The van der Waals surface area contributed by atoms with Gasteiger partial charge in [0.25, 0.3) is 0 Å². The topological polar surface area (TPSA) is 0 Å². The Morgan fingerprint density at radius 3 is 1.25 bits per heavy atom. The molecule has 1 rings (SSSR count). The molecule has 0 aliphatic heterocycles. The Bertz CT molecular complexity index is 558. The molecule has 0 aromatic carbocycles. The molecule has 0 nitrogen and oxygen atoms in total. The first-order chi connectivity index (χ1) is 5.51. The molecule has 0 fully saturated rings. The molecular formula is C15H35Co. The quantitative estimate of drug-likeness (QED) is 0.473. The van der Waals surface area contributed by atoms with Crippen LogP contribution in [0.25, 0.3) is 0 Å². The fourth-order valence-electron chi connectivity index (χ4n) is 1.65. The number of rotatable bonds is 1. The van der Waals surface area contributed by atoms with Crippen LogP contribution in [0.15, 0.2) is 22.7 Å². The summed E-state index contributed by atoms with van der Waals surface area (Å²) in [6.45, 7) is 0. The van der Waals surface area contributed by atoms with Gasteiger partial charge in [0.2, 0.25) is 0 Å². The van der Waals surface area contributed by atoms with Crippen molar-refractivity contribution in [2.75, 3.05) is 0 Å². The van der Waals surface area contributed by atoms with E-state index in [9.17, 15) is 0 Å². The zero-order valence-electron chi connectivity index (χ0n) is 13.3. The first-order valence-electron chi connectivity index (χ1n) is 5.22. The van der Waals surface area contributed by atoms with Crippen molar-refractivity contribution >= 4 is 0 Å². The van der Waals surface area contributed by atoms with E-state index in [4.69, 9.17) is 0 Å². The van der Waals surface area contributed by atoms with Crippen LogP contribution < -0.4 is 0 Å². The number of hydrogen-bond donors (Lipinski definition) is 0. The van der Waals surface area contributed by atoms with Gasteiger partial charge < -0.3 is 0 Å². The molecule has 104 valence electrons. The molecule has 0 aromatic rings. The van der Waals surface area contributed by atoms with Crippen LogP contribution in [0.2, 0.25) is 58.6 Å². The molecule has 0 saturated carbocycles. The van der Waals surface area contributed by atoms with Crippen LogP contribution in [0.3, 0.4) is 0 Å². The average Bonchev–Trinajstić information content (AvgIpc) is 1.93. The van der Waals surface area contributed by atoms with Gasteiger partial charge in [-0.2, -0.15) is 0 Å². The third-order valence-electron chi connectivity index (χ3n) is 2.85. The molecule has 0 aromatic heterocycles. The minimum atomic E-state index is -4.85. The van der Waals surface area contributed by atoms with E-state index in [1.54, 1.807) is 0 Å². The molecule has 0 unspecified atom stereocenters. The Hall–Kier alpha value is -0.0135. The van der Waals surface area contributed by atoms with Crippen LogP contribution >= 0.6 is 0 Å². The summed E-state index contributed by atoms with van der Waals surface area (Å²) in [5.41, 5.74) is 0. The fourth-order valence-corrected chi connectivity index (χ4v) is 5.73. The van der Waals surface area contributed by atoms with Gasteiger partial charge in [-0.05, 0) is 0 Å². The molecule has 0 saturated heterocycles. The van der Waals surface area contributed by atoms with E-state index in [1.165, 1.54) is 4.51 Å². The second-order valence-electron chi connectivity index (χ2n) is 17.9. The van der Waals surface area contributed by atoms with Gasteiger partial charge >= 0.3 is 93.1 Å². The number of hydrogen-bond acceptors (Lipinski definition) is 0. The molecule has 0 spiro atoms. The van der Waals surface area contributed by atoms with Gasteiger partial charge in [-0.1, -0.05) is 0 Å². The van der Waals surface area contributed by atoms with Crippen molar-refractivity contribution in [3.05, 3.63) is 22.7 Å². The Labute approximate surface area is 93.1 Å². The average molecular weight is 274 g/mol. The van der Waals surface area contributed by atoms with Gasteiger partial charge in [-0.15, -0.1) is 0 Å². The standard InChI is InChI=1S/C5H5.10CH3.Co/c1-2-4-5-3-1;;;;;;;;;;;/h1-3H,4H2;10*1H3;. The maximum absolute atomic E-state index is 4.85. The molecule has 0 N–H and O–H groups in total. The molecule has 0 bridgehead atoms. The summed E-state index contributed by atoms with van der Waals surface area (Å²) in [6.07, 6.45) is 7.84. The summed E-state index contributed by atoms with van der Waals surface area (Å²) in [4.78, 5) is 0. The van der Waals surface area contributed by atoms with Gasteiger partial charge in [0.15, 0.2) is 0 Å². The SMILES string of the molecule is [CH3][Co]([CH3])([CH3])([CH3])([CH3])([CH3])([CH3])([CH3])([CH3])([CH3])[C]1=CC=CC1. The predicted octanol–water partition coefficient (Wildman–Crippen LogP) is 7.22. The Morgan fingerprint density at radius 1 is 0.750 bits per heavy atom. The Kier molecular flexibility index (Phi) is 0.670. The zero-order valence-corrected chi connectivity index (χ0v) is 14.3. The van der Waals surface area contributed by atoms with Gasteiger partial charge in [-0.25, -0.2) is 0 Å². The van der Waals surface area contributed by atoms with Crippen molar-refractivity contribution in [3.63, 3.8) is 0 Å². The van der Waals surface area contributed by atoms with E-state index in [0.717, 1.165) is 6.42 Å². The molecule has 0 heterocycles. The van der Waals surface area contributed by atoms with Crippen molar-refractivity contribution in [1.29, 1.82) is 0 Å². The minimum absolute atomic E-state index is 1.04. The first kappa shape index (κ1) is 14.0. The van der Waals surface area contributed by atoms with Crippen LogP contribution in [0.5, 0.6) is 0 Å². The van der Waals surface area contributed by atoms with Gasteiger partial charge in [0.05, 0.1) is 0 Å². The van der Waals surface area contributed by atoms with Crippen molar-refractivity contribution in [1.82, 2.24) is 0 Å². The fraction of sp³-hybridized carbons (Fsp3) is 0.733. The van der Waals surface area contributed by atoms with Crippen LogP contribution in [-0.2, 0) is 5.33 Å². The molecular weight excluding hydrogens is 239 g/mol. The van der Waals surface area contributed by atoms with Gasteiger partial charge in [0, 0.05) is 0 Å². The maximum atomic E-state index is 2.49. The van der Waals surface area contributed by atoms with Gasteiger partial charge in [0.1, 0.15) is 0 Å². The van der Waals surface area contributed by atoms with Crippen molar-refractivity contribution < 1.29 is 5.33 Å². The second-order valence-corrected chi connectivity index (χ2v) is 70.6. The normalized spacial score (nSPS) is 38.9. The predicted molar refractivity (Wildman–Crippen MR) is 80.5 cm³/mol. The molecule has 16 heavy (non-hydrogen) atoms. The van der Waals surface area contributed by atoms with E-state index in [2.05, 4.69) is 76.8 Å². The number of allylic oxidation sites excluding steroid dienone is 4. The summed E-state index contributed by atoms with van der Waals surface area (Å²) >= 11 is 0. The van der Waals surface area contributed by atoms with Gasteiger partial charge in [-0.3, -0.25) is 0 Å². The zero-order chi connectivity index (χ0) is 13.7. The summed E-state index contributed by atoms with van der Waals surface area (Å²) in [7, 11) is 0. The molecule has 1 aliphatic rings. The molecule has 0 radical (unpaired) electrons. The van der Waals surface area contributed by atoms with Crippen LogP contribution in [0.1, 0.15) is 6.42 Å². The van der Waals surface area contributed by atoms with Crippen molar-refractivity contribution in [3.8, 4) is 0 Å². The van der Waals surface area contributed by atoms with Crippen molar-refractivity contribution in [2.45, 2.75) is 65.0 Å². The third-order valence-corrected chi connectivity index (χ3v) is 9.92. The summed E-state index contributed by atoms with van der Waals surface area (Å²) in [5.74, 6) is 24.9. The monoisotopic (exact) mass is 274 g/mol. The molecule has 1 heteroatoms. The van der Waals surface area contributed by atoms with E-state index in [0.29, 0.717) is 0 Å². The Morgan fingerprint density at radius 2 is 1.12 bits per heavy atom. The molecule has 0 amide bonds. The van der Waals surface area contributed by atoms with E-state index < -0.39 is 5.33 Å². The van der Waals surface area contributed by atoms with E-state index in [1.807, 2.05) is 0 Å². The summed E-state index contributed by atoms with van der Waals surface area (Å²) < 4.78 is 1.52. The second kappa shape index (κ2) is 0.763. The van der Waals surface area contributed by atoms with Crippen LogP contribution in [0, 0.1) is 0 Å². The van der Waals surface area contributed by atoms with Crippen LogP contribution in [-0.4, -0.2) is 0 Å². The molecule has 1 aliphatic carbocycles. The Balaban J connectivity index is 4.55. The van der Waals surface area contributed by atoms with E-state index in [-0.39, 0.29) is 0 Å². The van der Waals surface area contributed by atoms with E-state index >= 15 is 0 Å². The summed E-state index contributed by atoms with van der Waals surface area (Å²) in [6, 6.07) is 0. The third kappa shape index (κ3) is 3.24. The van der Waals surface area contributed by atoms with Crippen LogP contribution in [0.4, 0.5) is 0 Å². The molecule has 0 atom stereocenters.